The van der Waals surface area contributed by atoms with Gasteiger partial charge in [-0.2, -0.15) is 0 Å². The second-order valence-electron chi connectivity index (χ2n) is 9.89. The van der Waals surface area contributed by atoms with Crippen LogP contribution in [-0.4, -0.2) is 73.5 Å². The summed E-state index contributed by atoms with van der Waals surface area (Å²) in [6.45, 7) is 11.6. The number of hydrogen-bond acceptors (Lipinski definition) is 8. The van der Waals surface area contributed by atoms with E-state index in [2.05, 4.69) is 41.9 Å². The van der Waals surface area contributed by atoms with Crippen molar-refractivity contribution in [1.82, 2.24) is 31.9 Å². The average molecular weight is 513 g/mol. The third kappa shape index (κ3) is 16.1. The fraction of sp³-hybridized carbons (Fsp3) is 0.727. The Labute approximate surface area is 211 Å². The van der Waals surface area contributed by atoms with Gasteiger partial charge in [0.2, 0.25) is 11.9 Å². The maximum atomic E-state index is 12.2. The summed E-state index contributed by atoms with van der Waals surface area (Å²) >= 11 is 0. The lowest BCUT2D eigenvalue weighted by Crippen LogP contribution is -2.49. The van der Waals surface area contributed by atoms with Gasteiger partial charge in [-0.15, -0.1) is 0 Å². The average Bonchev–Trinajstić information content (AvgIpc) is 2.69. The van der Waals surface area contributed by atoms with Crippen LogP contribution >= 0.6 is 0 Å². The third-order valence-corrected chi connectivity index (χ3v) is 3.98. The molecule has 6 amide bonds. The van der Waals surface area contributed by atoms with E-state index >= 15 is 0 Å². The number of urea groups is 2. The SMILES string of the molecule is CC(C)(C)OC(=O)NC1=NCCCCNC(=O)NC(NC(=O)OC(C)(C)C)=NCCCCNC(=O)N1. The Morgan fingerprint density at radius 1 is 0.694 bits per heavy atom. The van der Waals surface area contributed by atoms with Crippen molar-refractivity contribution in [2.45, 2.75) is 78.4 Å². The van der Waals surface area contributed by atoms with E-state index in [4.69, 9.17) is 9.47 Å². The topological polar surface area (TPSA) is 184 Å². The van der Waals surface area contributed by atoms with Crippen LogP contribution in [0.4, 0.5) is 19.2 Å². The number of ether oxygens (including phenoxy) is 2. The number of aliphatic imine (C=N–C) groups is 2. The molecule has 0 saturated heterocycles. The number of carbonyl (C=O) groups excluding carboxylic acids is 4. The molecule has 14 nitrogen and oxygen atoms in total. The Bertz CT molecular complexity index is 761. The molecule has 0 spiro atoms. The first kappa shape index (κ1) is 30.5. The van der Waals surface area contributed by atoms with E-state index in [0.29, 0.717) is 38.8 Å². The molecule has 204 valence electrons. The summed E-state index contributed by atoms with van der Waals surface area (Å²) in [5.41, 5.74) is -1.42. The first-order valence-electron chi connectivity index (χ1n) is 11.9. The van der Waals surface area contributed by atoms with Crippen molar-refractivity contribution in [2.75, 3.05) is 26.2 Å². The van der Waals surface area contributed by atoms with Crippen LogP contribution in [0.1, 0.15) is 67.2 Å². The van der Waals surface area contributed by atoms with Crippen LogP contribution in [0.2, 0.25) is 0 Å². The molecule has 0 aliphatic carbocycles. The lowest BCUT2D eigenvalue weighted by atomic mass is 10.2. The zero-order chi connectivity index (χ0) is 27.2. The summed E-state index contributed by atoms with van der Waals surface area (Å²) in [4.78, 5) is 57.1. The molecule has 0 radical (unpaired) electrons. The highest BCUT2D eigenvalue weighted by Crippen LogP contribution is 2.07. The fourth-order valence-electron chi connectivity index (χ4n) is 2.58. The highest BCUT2D eigenvalue weighted by atomic mass is 16.6. The minimum Gasteiger partial charge on any atom is -0.444 e. The molecule has 0 aromatic carbocycles. The molecular formula is C22H40N8O6. The number of guanidine groups is 2. The number of rotatable bonds is 0. The summed E-state index contributed by atoms with van der Waals surface area (Å²) in [5.74, 6) is -0.0629. The van der Waals surface area contributed by atoms with Crippen molar-refractivity contribution < 1.29 is 28.7 Å². The monoisotopic (exact) mass is 512 g/mol. The van der Waals surface area contributed by atoms with Crippen LogP contribution in [0.15, 0.2) is 9.98 Å². The Hall–Kier alpha value is -3.58. The van der Waals surface area contributed by atoms with E-state index in [9.17, 15) is 19.2 Å². The minimum atomic E-state index is -0.740. The number of alkyl carbamates (subject to hydrolysis) is 2. The lowest BCUT2D eigenvalue weighted by molar-refractivity contribution is 0.0549. The predicted octanol–water partition coefficient (Wildman–Crippen LogP) is 1.92. The van der Waals surface area contributed by atoms with Gasteiger partial charge < -0.3 is 20.1 Å². The van der Waals surface area contributed by atoms with Gasteiger partial charge in [0, 0.05) is 26.2 Å². The maximum absolute atomic E-state index is 12.2. The second-order valence-corrected chi connectivity index (χ2v) is 9.89. The Kier molecular flexibility index (Phi) is 12.5. The van der Waals surface area contributed by atoms with E-state index in [0.717, 1.165) is 0 Å². The molecule has 0 atom stereocenters. The standard InChI is InChI=1S/C22H40N8O6/c1-21(2,3)35-19(33)29-15-23-11-7-9-14-26-18(32)28-16(30-20(34)36-22(4,5)6)24-12-8-10-13-25-17(31)27-15/h7-14H2,1-6H3,(H3,23,25,27,29,31,33)(H3,24,26,28,30,32,34). The van der Waals surface area contributed by atoms with E-state index in [1.54, 1.807) is 41.5 Å². The molecule has 1 aliphatic heterocycles. The van der Waals surface area contributed by atoms with Crippen LogP contribution in [-0.2, 0) is 9.47 Å². The maximum Gasteiger partial charge on any atom is 0.414 e. The highest BCUT2D eigenvalue weighted by molar-refractivity contribution is 6.03. The highest BCUT2D eigenvalue weighted by Gasteiger charge is 2.19. The number of nitrogens with one attached hydrogen (secondary N) is 6. The Morgan fingerprint density at radius 2 is 1.06 bits per heavy atom. The fourth-order valence-corrected chi connectivity index (χ4v) is 2.58. The molecule has 1 aliphatic rings. The zero-order valence-electron chi connectivity index (χ0n) is 22.0. The molecule has 0 fully saturated rings. The first-order valence-corrected chi connectivity index (χ1v) is 11.9. The summed E-state index contributed by atoms with van der Waals surface area (Å²) in [6, 6.07) is -1.06. The molecule has 0 unspecified atom stereocenters. The van der Waals surface area contributed by atoms with E-state index in [-0.39, 0.29) is 25.0 Å². The molecule has 36 heavy (non-hydrogen) atoms. The molecule has 1 rings (SSSR count). The number of carbonyl (C=O) groups is 4. The van der Waals surface area contributed by atoms with Crippen molar-refractivity contribution in [3.63, 3.8) is 0 Å². The van der Waals surface area contributed by atoms with Crippen molar-refractivity contribution in [2.24, 2.45) is 9.98 Å². The molecule has 0 aromatic rings. The minimum absolute atomic E-state index is 0.0315. The predicted molar refractivity (Wildman–Crippen MR) is 135 cm³/mol. The summed E-state index contributed by atoms with van der Waals surface area (Å²) in [5, 5.41) is 15.3. The zero-order valence-corrected chi connectivity index (χ0v) is 22.0. The van der Waals surface area contributed by atoms with Crippen LogP contribution in [0.3, 0.4) is 0 Å². The second kappa shape index (κ2) is 14.7. The van der Waals surface area contributed by atoms with Crippen molar-refractivity contribution in [1.29, 1.82) is 0 Å². The number of hydrogen-bond donors (Lipinski definition) is 6. The summed E-state index contributed by atoms with van der Waals surface area (Å²) < 4.78 is 10.4. The molecule has 1 heterocycles. The van der Waals surface area contributed by atoms with Crippen LogP contribution < -0.4 is 31.9 Å². The normalized spacial score (nSPS) is 17.3. The molecule has 0 saturated carbocycles. The molecule has 0 bridgehead atoms. The molecular weight excluding hydrogens is 472 g/mol. The van der Waals surface area contributed by atoms with Gasteiger partial charge in [-0.25, -0.2) is 19.2 Å². The number of nitrogens with zero attached hydrogens (tertiary/aromatic N) is 2. The number of amides is 6. The van der Waals surface area contributed by atoms with E-state index in [1.165, 1.54) is 0 Å². The Balaban J connectivity index is 2.77. The van der Waals surface area contributed by atoms with Gasteiger partial charge in [0.1, 0.15) is 11.2 Å². The van der Waals surface area contributed by atoms with Gasteiger partial charge >= 0.3 is 24.2 Å². The first-order chi connectivity index (χ1) is 16.7. The van der Waals surface area contributed by atoms with Gasteiger partial charge in [0.05, 0.1) is 0 Å². The lowest BCUT2D eigenvalue weighted by Gasteiger charge is -2.20. The van der Waals surface area contributed by atoms with Gasteiger partial charge in [0.15, 0.2) is 0 Å². The quantitative estimate of drug-likeness (QED) is 0.288. The van der Waals surface area contributed by atoms with E-state index < -0.39 is 35.5 Å². The van der Waals surface area contributed by atoms with Gasteiger partial charge in [0.25, 0.3) is 0 Å². The van der Waals surface area contributed by atoms with Crippen molar-refractivity contribution in [3.8, 4) is 0 Å². The largest absolute Gasteiger partial charge is 0.444 e. The summed E-state index contributed by atoms with van der Waals surface area (Å²) in [6.07, 6.45) is 0.760. The Morgan fingerprint density at radius 3 is 1.39 bits per heavy atom. The molecule has 14 heteroatoms. The van der Waals surface area contributed by atoms with Crippen LogP contribution in [0.25, 0.3) is 0 Å². The van der Waals surface area contributed by atoms with Gasteiger partial charge in [-0.3, -0.25) is 31.3 Å². The third-order valence-electron chi connectivity index (χ3n) is 3.98. The molecule has 6 N–H and O–H groups in total. The van der Waals surface area contributed by atoms with Crippen LogP contribution in [0, 0.1) is 0 Å². The van der Waals surface area contributed by atoms with Gasteiger partial charge in [-0.1, -0.05) is 0 Å². The van der Waals surface area contributed by atoms with Crippen molar-refractivity contribution in [3.05, 3.63) is 0 Å². The van der Waals surface area contributed by atoms with Crippen molar-refractivity contribution >= 4 is 36.2 Å². The van der Waals surface area contributed by atoms with E-state index in [1.807, 2.05) is 0 Å². The smallest absolute Gasteiger partial charge is 0.414 e. The molecule has 0 aromatic heterocycles. The summed E-state index contributed by atoms with van der Waals surface area (Å²) in [7, 11) is 0. The van der Waals surface area contributed by atoms with Crippen LogP contribution in [0.5, 0.6) is 0 Å². The van der Waals surface area contributed by atoms with Gasteiger partial charge in [-0.05, 0) is 67.2 Å².